The van der Waals surface area contributed by atoms with Crippen LogP contribution in [0.25, 0.3) is 0 Å². The number of rotatable bonds is 7. The van der Waals surface area contributed by atoms with Crippen LogP contribution in [0, 0.1) is 0 Å². The minimum Gasteiger partial charge on any atom is -0.449 e. The maximum absolute atomic E-state index is 12.5. The number of nitrogens with zero attached hydrogens (tertiary/aromatic N) is 1. The van der Waals surface area contributed by atoms with Crippen molar-refractivity contribution in [3.8, 4) is 0 Å². The molecule has 0 fully saturated rings. The molecular formula is C19H22N2O5S. The van der Waals surface area contributed by atoms with Crippen molar-refractivity contribution in [1.82, 2.24) is 4.72 Å². The van der Waals surface area contributed by atoms with Crippen molar-refractivity contribution in [2.24, 2.45) is 0 Å². The van der Waals surface area contributed by atoms with Crippen LogP contribution < -0.4 is 9.62 Å². The van der Waals surface area contributed by atoms with Crippen molar-refractivity contribution in [2.75, 3.05) is 18.5 Å². The molecule has 0 saturated carbocycles. The van der Waals surface area contributed by atoms with E-state index in [4.69, 9.17) is 4.74 Å². The summed E-state index contributed by atoms with van der Waals surface area (Å²) in [4.78, 5) is 26.2. The van der Waals surface area contributed by atoms with Crippen LogP contribution in [-0.2, 0) is 19.6 Å². The molecule has 0 aliphatic carbocycles. The van der Waals surface area contributed by atoms with Gasteiger partial charge in [0.25, 0.3) is 5.91 Å². The molecule has 1 unspecified atom stereocenters. The molecule has 7 nitrogen and oxygen atoms in total. The van der Waals surface area contributed by atoms with E-state index < -0.39 is 28.0 Å². The van der Waals surface area contributed by atoms with E-state index in [1.165, 1.54) is 36.1 Å². The molecule has 2 rings (SSSR count). The van der Waals surface area contributed by atoms with Gasteiger partial charge >= 0.3 is 5.97 Å². The number of hydrogen-bond acceptors (Lipinski definition) is 5. The summed E-state index contributed by atoms with van der Waals surface area (Å²) in [6.45, 7) is 3.36. The van der Waals surface area contributed by atoms with Gasteiger partial charge in [-0.2, -0.15) is 0 Å². The highest BCUT2D eigenvalue weighted by Gasteiger charge is 2.24. The predicted octanol–water partition coefficient (Wildman–Crippen LogP) is 2.19. The lowest BCUT2D eigenvalue weighted by molar-refractivity contribution is -0.126. The average Bonchev–Trinajstić information content (AvgIpc) is 2.67. The summed E-state index contributed by atoms with van der Waals surface area (Å²) < 4.78 is 31.7. The zero-order valence-corrected chi connectivity index (χ0v) is 16.2. The summed E-state index contributed by atoms with van der Waals surface area (Å²) in [7, 11) is -2.10. The number of amides is 1. The molecule has 1 N–H and O–H groups in total. The average molecular weight is 390 g/mol. The third kappa shape index (κ3) is 5.15. The van der Waals surface area contributed by atoms with Crippen LogP contribution in [0.5, 0.6) is 0 Å². The van der Waals surface area contributed by atoms with Crippen LogP contribution in [0.3, 0.4) is 0 Å². The molecule has 144 valence electrons. The molecule has 1 amide bonds. The van der Waals surface area contributed by atoms with Crippen LogP contribution in [-0.4, -0.2) is 40.0 Å². The second kappa shape index (κ2) is 8.79. The SMILES string of the molecule is CCNS(=O)(=O)c1cccc(C(=O)OC(C)C(=O)N(C)c2ccccc2)c1. The predicted molar refractivity (Wildman–Crippen MR) is 102 cm³/mol. The number of para-hydroxylation sites is 1. The third-order valence-electron chi connectivity index (χ3n) is 3.82. The van der Waals surface area contributed by atoms with E-state index in [0.717, 1.165) is 0 Å². The van der Waals surface area contributed by atoms with Gasteiger partial charge in [0.15, 0.2) is 6.10 Å². The molecule has 0 aromatic heterocycles. The number of hydrogen-bond donors (Lipinski definition) is 1. The molecule has 8 heteroatoms. The van der Waals surface area contributed by atoms with Crippen molar-refractivity contribution >= 4 is 27.6 Å². The highest BCUT2D eigenvalue weighted by molar-refractivity contribution is 7.89. The van der Waals surface area contributed by atoms with Crippen molar-refractivity contribution in [3.05, 3.63) is 60.2 Å². The standard InChI is InChI=1S/C19H22N2O5S/c1-4-20-27(24,25)17-12-8-9-15(13-17)19(23)26-14(2)18(22)21(3)16-10-6-5-7-11-16/h5-14,20H,4H2,1-3H3. The lowest BCUT2D eigenvalue weighted by atomic mass is 10.2. The van der Waals surface area contributed by atoms with Gasteiger partial charge in [0, 0.05) is 19.3 Å². The Labute approximate surface area is 159 Å². The number of nitrogens with one attached hydrogen (secondary N) is 1. The molecular weight excluding hydrogens is 368 g/mol. The number of ether oxygens (including phenoxy) is 1. The van der Waals surface area contributed by atoms with E-state index >= 15 is 0 Å². The van der Waals surface area contributed by atoms with Crippen molar-refractivity contribution < 1.29 is 22.7 Å². The number of sulfonamides is 1. The lowest BCUT2D eigenvalue weighted by Crippen LogP contribution is -2.37. The second-order valence-electron chi connectivity index (χ2n) is 5.81. The summed E-state index contributed by atoms with van der Waals surface area (Å²) in [5.74, 6) is -1.17. The van der Waals surface area contributed by atoms with E-state index in [2.05, 4.69) is 4.72 Å². The Kier molecular flexibility index (Phi) is 6.70. The Morgan fingerprint density at radius 2 is 1.78 bits per heavy atom. The molecule has 27 heavy (non-hydrogen) atoms. The summed E-state index contributed by atoms with van der Waals surface area (Å²) in [5.41, 5.74) is 0.722. The number of esters is 1. The van der Waals surface area contributed by atoms with Gasteiger partial charge in [-0.05, 0) is 37.3 Å². The van der Waals surface area contributed by atoms with Gasteiger partial charge in [-0.15, -0.1) is 0 Å². The molecule has 1 atom stereocenters. The summed E-state index contributed by atoms with van der Waals surface area (Å²) in [6.07, 6.45) is -1.03. The topological polar surface area (TPSA) is 92.8 Å². The Hall–Kier alpha value is -2.71. The highest BCUT2D eigenvalue weighted by Crippen LogP contribution is 2.16. The van der Waals surface area contributed by atoms with Gasteiger partial charge in [0.05, 0.1) is 10.5 Å². The van der Waals surface area contributed by atoms with Crippen molar-refractivity contribution in [3.63, 3.8) is 0 Å². The minimum atomic E-state index is -3.69. The highest BCUT2D eigenvalue weighted by atomic mass is 32.2. The van der Waals surface area contributed by atoms with Gasteiger partial charge < -0.3 is 9.64 Å². The Balaban J connectivity index is 2.11. The van der Waals surface area contributed by atoms with E-state index in [1.807, 2.05) is 6.07 Å². The molecule has 0 aliphatic heterocycles. The molecule has 0 spiro atoms. The fourth-order valence-corrected chi connectivity index (χ4v) is 3.48. The number of likely N-dealkylation sites (N-methyl/N-ethyl adjacent to an activating group) is 1. The normalized spacial score (nSPS) is 12.3. The fraction of sp³-hybridized carbons (Fsp3) is 0.263. The molecule has 0 saturated heterocycles. The Bertz CT molecular complexity index is 913. The Morgan fingerprint density at radius 3 is 2.41 bits per heavy atom. The summed E-state index contributed by atoms with van der Waals surface area (Å²) in [5, 5.41) is 0. The summed E-state index contributed by atoms with van der Waals surface area (Å²) in [6, 6.07) is 14.4. The first-order valence-electron chi connectivity index (χ1n) is 8.39. The maximum atomic E-state index is 12.5. The zero-order chi connectivity index (χ0) is 20.0. The van der Waals surface area contributed by atoms with Crippen LogP contribution in [0.1, 0.15) is 24.2 Å². The van der Waals surface area contributed by atoms with Crippen molar-refractivity contribution in [2.45, 2.75) is 24.8 Å². The van der Waals surface area contributed by atoms with Gasteiger partial charge in [-0.1, -0.05) is 31.2 Å². The van der Waals surface area contributed by atoms with Crippen LogP contribution in [0.15, 0.2) is 59.5 Å². The van der Waals surface area contributed by atoms with Crippen molar-refractivity contribution in [1.29, 1.82) is 0 Å². The van der Waals surface area contributed by atoms with Crippen LogP contribution in [0.2, 0.25) is 0 Å². The molecule has 2 aromatic carbocycles. The van der Waals surface area contributed by atoms with Crippen LogP contribution in [0.4, 0.5) is 5.69 Å². The van der Waals surface area contributed by atoms with Gasteiger partial charge in [-0.25, -0.2) is 17.9 Å². The van der Waals surface area contributed by atoms with E-state index in [-0.39, 0.29) is 17.0 Å². The first-order chi connectivity index (χ1) is 12.8. The molecule has 0 aliphatic rings. The van der Waals surface area contributed by atoms with Gasteiger partial charge in [0.2, 0.25) is 10.0 Å². The number of carbonyl (C=O) groups excluding carboxylic acids is 2. The van der Waals surface area contributed by atoms with Gasteiger partial charge in [0.1, 0.15) is 0 Å². The van der Waals surface area contributed by atoms with Crippen LogP contribution >= 0.6 is 0 Å². The minimum absolute atomic E-state index is 0.0424. The monoisotopic (exact) mass is 390 g/mol. The quantitative estimate of drug-likeness (QED) is 0.732. The summed E-state index contributed by atoms with van der Waals surface area (Å²) >= 11 is 0. The fourth-order valence-electron chi connectivity index (χ4n) is 2.39. The van der Waals surface area contributed by atoms with E-state index in [9.17, 15) is 18.0 Å². The number of benzene rings is 2. The molecule has 0 heterocycles. The molecule has 2 aromatic rings. The zero-order valence-electron chi connectivity index (χ0n) is 15.4. The first-order valence-corrected chi connectivity index (χ1v) is 9.88. The van der Waals surface area contributed by atoms with E-state index in [1.54, 1.807) is 38.2 Å². The van der Waals surface area contributed by atoms with E-state index in [0.29, 0.717) is 5.69 Å². The first kappa shape index (κ1) is 20.6. The van der Waals surface area contributed by atoms with Gasteiger partial charge in [-0.3, -0.25) is 4.79 Å². The Morgan fingerprint density at radius 1 is 1.11 bits per heavy atom. The second-order valence-corrected chi connectivity index (χ2v) is 7.58. The molecule has 0 bridgehead atoms. The number of anilines is 1. The maximum Gasteiger partial charge on any atom is 0.338 e. The number of carbonyl (C=O) groups is 2. The largest absolute Gasteiger partial charge is 0.449 e. The lowest BCUT2D eigenvalue weighted by Gasteiger charge is -2.21. The molecule has 0 radical (unpaired) electrons. The third-order valence-corrected chi connectivity index (χ3v) is 5.36. The smallest absolute Gasteiger partial charge is 0.338 e.